The molecular weight excluding hydrogens is 304 g/mol. The molecule has 1 fully saturated rings. The van der Waals surface area contributed by atoms with Crippen LogP contribution in [-0.2, 0) is 16.0 Å². The van der Waals surface area contributed by atoms with Gasteiger partial charge in [-0.05, 0) is 23.8 Å². The van der Waals surface area contributed by atoms with Gasteiger partial charge in [0, 0.05) is 24.2 Å². The summed E-state index contributed by atoms with van der Waals surface area (Å²) in [5.41, 5.74) is 3.00. The number of hydrogen-bond donors (Lipinski definition) is 2. The molecule has 0 aromatic heterocycles. The quantitative estimate of drug-likeness (QED) is 0.884. The SMILES string of the molecule is COc1ccc(NC(=O)C2COCCN2)cc1Cc1ccccc1. The largest absolute Gasteiger partial charge is 0.496 e. The Morgan fingerprint density at radius 1 is 1.29 bits per heavy atom. The maximum absolute atomic E-state index is 12.3. The van der Waals surface area contributed by atoms with Crippen LogP contribution in [0.3, 0.4) is 0 Å². The number of methoxy groups -OCH3 is 1. The lowest BCUT2D eigenvalue weighted by molar-refractivity contribution is -0.120. The van der Waals surface area contributed by atoms with E-state index in [4.69, 9.17) is 9.47 Å². The van der Waals surface area contributed by atoms with Gasteiger partial charge in [0.15, 0.2) is 0 Å². The lowest BCUT2D eigenvalue weighted by atomic mass is 10.0. The zero-order valence-corrected chi connectivity index (χ0v) is 13.7. The van der Waals surface area contributed by atoms with E-state index in [-0.39, 0.29) is 11.9 Å². The molecule has 1 atom stereocenters. The molecule has 1 aliphatic rings. The van der Waals surface area contributed by atoms with Gasteiger partial charge < -0.3 is 20.1 Å². The van der Waals surface area contributed by atoms with Crippen LogP contribution in [0.1, 0.15) is 11.1 Å². The summed E-state index contributed by atoms with van der Waals surface area (Å²) in [6.07, 6.45) is 0.749. The van der Waals surface area contributed by atoms with Gasteiger partial charge in [0.05, 0.1) is 20.3 Å². The van der Waals surface area contributed by atoms with Crippen LogP contribution in [0, 0.1) is 0 Å². The van der Waals surface area contributed by atoms with Crippen LogP contribution in [0.5, 0.6) is 5.75 Å². The topological polar surface area (TPSA) is 59.6 Å². The maximum atomic E-state index is 12.3. The Kier molecular flexibility index (Phi) is 5.46. The summed E-state index contributed by atoms with van der Waals surface area (Å²) < 4.78 is 10.8. The van der Waals surface area contributed by atoms with Gasteiger partial charge in [0.1, 0.15) is 11.8 Å². The van der Waals surface area contributed by atoms with Crippen molar-refractivity contribution >= 4 is 11.6 Å². The highest BCUT2D eigenvalue weighted by molar-refractivity contribution is 5.95. The van der Waals surface area contributed by atoms with E-state index in [1.807, 2.05) is 36.4 Å². The van der Waals surface area contributed by atoms with Crippen LogP contribution in [0.15, 0.2) is 48.5 Å². The highest BCUT2D eigenvalue weighted by Gasteiger charge is 2.21. The predicted octanol–water partition coefficient (Wildman–Crippen LogP) is 2.21. The van der Waals surface area contributed by atoms with Crippen molar-refractivity contribution < 1.29 is 14.3 Å². The van der Waals surface area contributed by atoms with Crippen molar-refractivity contribution in [1.29, 1.82) is 0 Å². The molecule has 3 rings (SSSR count). The fourth-order valence-electron chi connectivity index (χ4n) is 2.77. The van der Waals surface area contributed by atoms with Gasteiger partial charge in [-0.3, -0.25) is 4.79 Å². The lowest BCUT2D eigenvalue weighted by Gasteiger charge is -2.23. The first kappa shape index (κ1) is 16.5. The second kappa shape index (κ2) is 7.95. The van der Waals surface area contributed by atoms with Crippen molar-refractivity contribution in [3.05, 3.63) is 59.7 Å². The normalized spacial score (nSPS) is 17.3. The second-order valence-corrected chi connectivity index (χ2v) is 5.76. The molecule has 1 saturated heterocycles. The van der Waals surface area contributed by atoms with E-state index in [0.717, 1.165) is 23.4 Å². The number of hydrogen-bond acceptors (Lipinski definition) is 4. The minimum absolute atomic E-state index is 0.0782. The predicted molar refractivity (Wildman–Crippen MR) is 93.5 cm³/mol. The molecule has 126 valence electrons. The van der Waals surface area contributed by atoms with Gasteiger partial charge in [-0.25, -0.2) is 0 Å². The Balaban J connectivity index is 1.74. The van der Waals surface area contributed by atoms with Crippen molar-refractivity contribution in [2.45, 2.75) is 12.5 Å². The van der Waals surface area contributed by atoms with Gasteiger partial charge in [-0.15, -0.1) is 0 Å². The molecule has 0 bridgehead atoms. The number of ether oxygens (including phenoxy) is 2. The van der Waals surface area contributed by atoms with Crippen molar-refractivity contribution in [2.75, 3.05) is 32.2 Å². The fraction of sp³-hybridized carbons (Fsp3) is 0.316. The van der Waals surface area contributed by atoms with Crippen LogP contribution in [0.25, 0.3) is 0 Å². The highest BCUT2D eigenvalue weighted by atomic mass is 16.5. The van der Waals surface area contributed by atoms with Gasteiger partial charge in [-0.2, -0.15) is 0 Å². The molecule has 1 unspecified atom stereocenters. The monoisotopic (exact) mass is 326 g/mol. The third kappa shape index (κ3) is 4.13. The third-order valence-electron chi connectivity index (χ3n) is 4.02. The Morgan fingerprint density at radius 3 is 2.83 bits per heavy atom. The van der Waals surface area contributed by atoms with Gasteiger partial charge >= 0.3 is 0 Å². The highest BCUT2D eigenvalue weighted by Crippen LogP contribution is 2.25. The average Bonchev–Trinajstić information content (AvgIpc) is 2.63. The van der Waals surface area contributed by atoms with Crippen LogP contribution in [0.4, 0.5) is 5.69 Å². The summed E-state index contributed by atoms with van der Waals surface area (Å²) in [5, 5.41) is 6.11. The zero-order valence-electron chi connectivity index (χ0n) is 13.7. The van der Waals surface area contributed by atoms with Crippen LogP contribution in [-0.4, -0.2) is 38.8 Å². The summed E-state index contributed by atoms with van der Waals surface area (Å²) in [5.74, 6) is 0.738. The van der Waals surface area contributed by atoms with E-state index >= 15 is 0 Å². The smallest absolute Gasteiger partial charge is 0.243 e. The van der Waals surface area contributed by atoms with E-state index in [9.17, 15) is 4.79 Å². The van der Waals surface area contributed by atoms with Gasteiger partial charge in [0.25, 0.3) is 0 Å². The molecule has 1 aliphatic heterocycles. The summed E-state index contributed by atoms with van der Waals surface area (Å²) >= 11 is 0. The average molecular weight is 326 g/mol. The minimum atomic E-state index is -0.307. The van der Waals surface area contributed by atoms with E-state index in [2.05, 4.69) is 22.8 Å². The van der Waals surface area contributed by atoms with Crippen molar-refractivity contribution in [2.24, 2.45) is 0 Å². The second-order valence-electron chi connectivity index (χ2n) is 5.76. The van der Waals surface area contributed by atoms with Crippen LogP contribution >= 0.6 is 0 Å². The van der Waals surface area contributed by atoms with Crippen LogP contribution in [0.2, 0.25) is 0 Å². The van der Waals surface area contributed by atoms with E-state index in [1.165, 1.54) is 5.56 Å². The first-order chi connectivity index (χ1) is 11.8. The van der Waals surface area contributed by atoms with E-state index in [0.29, 0.717) is 19.8 Å². The number of amides is 1. The minimum Gasteiger partial charge on any atom is -0.496 e. The molecule has 5 heteroatoms. The molecule has 0 spiro atoms. The molecule has 24 heavy (non-hydrogen) atoms. The van der Waals surface area contributed by atoms with Crippen molar-refractivity contribution in [3.63, 3.8) is 0 Å². The molecule has 1 amide bonds. The summed E-state index contributed by atoms with van der Waals surface area (Å²) in [7, 11) is 1.66. The Bertz CT molecular complexity index is 682. The van der Waals surface area contributed by atoms with Gasteiger partial charge in [0.2, 0.25) is 5.91 Å². The molecule has 5 nitrogen and oxygen atoms in total. The third-order valence-corrected chi connectivity index (χ3v) is 4.02. The standard InChI is InChI=1S/C19H22N2O3/c1-23-18-8-7-16(21-19(22)17-13-24-10-9-20-17)12-15(18)11-14-5-3-2-4-6-14/h2-8,12,17,20H,9-11,13H2,1H3,(H,21,22). The van der Waals surface area contributed by atoms with Crippen molar-refractivity contribution in [3.8, 4) is 5.75 Å². The van der Waals surface area contributed by atoms with Gasteiger partial charge in [-0.1, -0.05) is 30.3 Å². The molecule has 1 heterocycles. The summed E-state index contributed by atoms with van der Waals surface area (Å²) in [4.78, 5) is 12.3. The zero-order chi connectivity index (χ0) is 16.8. The molecule has 2 aromatic carbocycles. The Labute approximate surface area is 142 Å². The fourth-order valence-corrected chi connectivity index (χ4v) is 2.77. The van der Waals surface area contributed by atoms with E-state index < -0.39 is 0 Å². The summed E-state index contributed by atoms with van der Waals surface area (Å²) in [6.45, 7) is 1.74. The number of morpholine rings is 1. The number of nitrogens with one attached hydrogen (secondary N) is 2. The number of anilines is 1. The van der Waals surface area contributed by atoms with Crippen LogP contribution < -0.4 is 15.4 Å². The summed E-state index contributed by atoms with van der Waals surface area (Å²) in [6, 6.07) is 15.6. The first-order valence-corrected chi connectivity index (χ1v) is 8.09. The molecule has 2 aromatic rings. The molecule has 0 aliphatic carbocycles. The van der Waals surface area contributed by atoms with Crippen molar-refractivity contribution in [1.82, 2.24) is 5.32 Å². The lowest BCUT2D eigenvalue weighted by Crippen LogP contribution is -2.48. The Hall–Kier alpha value is -2.37. The number of carbonyl (C=O) groups excluding carboxylic acids is 1. The number of rotatable bonds is 5. The maximum Gasteiger partial charge on any atom is 0.243 e. The molecule has 0 saturated carbocycles. The first-order valence-electron chi connectivity index (χ1n) is 8.09. The molecule has 2 N–H and O–H groups in total. The van der Waals surface area contributed by atoms with E-state index in [1.54, 1.807) is 7.11 Å². The number of benzene rings is 2. The molecule has 0 radical (unpaired) electrons. The number of carbonyl (C=O) groups is 1. The molecular formula is C19H22N2O3. The Morgan fingerprint density at radius 2 is 2.12 bits per heavy atom.